The van der Waals surface area contributed by atoms with Crippen LogP contribution in [0.25, 0.3) is 0 Å². The summed E-state index contributed by atoms with van der Waals surface area (Å²) in [6.45, 7) is 1.86. The quantitative estimate of drug-likeness (QED) is 0.132. The van der Waals surface area contributed by atoms with Gasteiger partial charge in [0.1, 0.15) is 5.75 Å². The first kappa shape index (κ1) is 50.7. The minimum atomic E-state index is -5.39. The maximum absolute atomic E-state index is 9.11. The van der Waals surface area contributed by atoms with Crippen molar-refractivity contribution < 1.29 is 241 Å². The topological polar surface area (TPSA) is 245 Å². The molecule has 0 atom stereocenters. The van der Waals surface area contributed by atoms with Gasteiger partial charge in [-0.1, -0.05) is 22.0 Å². The van der Waals surface area contributed by atoms with Crippen LogP contribution in [0, 0.1) is 6.92 Å². The van der Waals surface area contributed by atoms with Crippen LogP contribution in [0.4, 0.5) is 0 Å². The van der Waals surface area contributed by atoms with E-state index in [4.69, 9.17) is 56.9 Å². The molecular weight excluding hydrogens is 622 g/mol. The minimum absolute atomic E-state index is 0. The Balaban J connectivity index is -0.0000000418. The van der Waals surface area contributed by atoms with Crippen molar-refractivity contribution in [2.45, 2.75) is 6.92 Å². The van der Waals surface area contributed by atoms with E-state index in [0.717, 1.165) is 10.0 Å². The average Bonchev–Trinajstić information content (AvgIpc) is 2.18. The summed E-state index contributed by atoms with van der Waals surface area (Å²) in [5, 5.41) is 9.07. The molecule has 1 rings (SSSR count). The van der Waals surface area contributed by atoms with E-state index in [1.165, 1.54) is 0 Å². The number of phenolic OH excluding ortho intramolecular Hbond substituents is 1. The molecule has 0 spiro atoms. The largest absolute Gasteiger partial charge is 1.00 e. The fraction of sp³-hybridized carbons (Fsp3) is 0.143. The molecule has 0 aliphatic carbocycles. The molecule has 0 saturated heterocycles. The Hall–Kier alpha value is 5.92. The molecule has 0 amide bonds. The van der Waals surface area contributed by atoms with Gasteiger partial charge in [0.15, 0.2) is 0 Å². The van der Waals surface area contributed by atoms with E-state index in [-0.39, 0.29) is 184 Å². The predicted octanol–water partition coefficient (Wildman–Crippen LogP) is -14.2. The molecule has 0 aliphatic heterocycles. The van der Waals surface area contributed by atoms with Crippen molar-refractivity contribution in [3.05, 3.63) is 28.2 Å². The first-order valence-corrected chi connectivity index (χ1v) is 11.0. The molecular formula is C7H11BrK3NaO12P2S2. The summed E-state index contributed by atoms with van der Waals surface area (Å²) in [4.78, 5) is 48.6. The van der Waals surface area contributed by atoms with Crippen molar-refractivity contribution >= 4 is 51.8 Å². The van der Waals surface area contributed by atoms with Crippen LogP contribution in [0.1, 0.15) is 5.56 Å². The Bertz CT molecular complexity index is 636. The molecule has 0 bridgehead atoms. The standard InChI is InChI=1S/C7H7BrO.3K.Na.2H3O4P.H2O3S2/c1-5-6(8)3-2-4-7(5)9;;;;;3*1-5(2,3)4/h2-4,9H,1H3;;;;;2*(H3,1,2,3,4);(H2,1,2,3,4)/q;4*+1;;;/p-4. The van der Waals surface area contributed by atoms with Gasteiger partial charge in [-0.15, -0.1) is 0 Å². The summed E-state index contributed by atoms with van der Waals surface area (Å²) < 4.78 is 42.2. The second kappa shape index (κ2) is 26.0. The maximum Gasteiger partial charge on any atom is 1.00 e. The van der Waals surface area contributed by atoms with E-state index in [9.17, 15) is 0 Å². The molecule has 28 heavy (non-hydrogen) atoms. The number of phenols is 1. The summed E-state index contributed by atoms with van der Waals surface area (Å²) in [5.74, 6) is 0.337. The van der Waals surface area contributed by atoms with Gasteiger partial charge in [0.05, 0.1) is 0 Å². The SMILES string of the molecule is Cc1c(O)cccc1Br.O=P([O-])(O)O.O=P([O-])([O-])[O-].O=S(O)(O)=S.[K+].[K+].[K+].[Na+]. The van der Waals surface area contributed by atoms with Gasteiger partial charge in [-0.3, -0.25) is 13.7 Å². The zero-order chi connectivity index (χ0) is 20.4. The number of rotatable bonds is 0. The van der Waals surface area contributed by atoms with Gasteiger partial charge in [0, 0.05) is 21.2 Å². The zero-order valence-electron chi connectivity index (χ0n) is 15.4. The number of aromatic hydroxyl groups is 1. The van der Waals surface area contributed by atoms with E-state index in [2.05, 4.69) is 27.1 Å². The van der Waals surface area contributed by atoms with Gasteiger partial charge in [0.2, 0.25) is 0 Å². The van der Waals surface area contributed by atoms with Gasteiger partial charge in [-0.2, -0.15) is 12.0 Å². The second-order valence-electron chi connectivity index (χ2n) is 3.27. The summed E-state index contributed by atoms with van der Waals surface area (Å²) in [7, 11) is -14.1. The summed E-state index contributed by atoms with van der Waals surface area (Å²) in [5.41, 5.74) is 0.887. The van der Waals surface area contributed by atoms with Crippen LogP contribution in [0.15, 0.2) is 22.7 Å². The predicted molar refractivity (Wildman–Crippen MR) is 81.0 cm³/mol. The molecule has 144 valence electrons. The Morgan fingerprint density at radius 1 is 1.04 bits per heavy atom. The Morgan fingerprint density at radius 3 is 1.39 bits per heavy atom. The third-order valence-corrected chi connectivity index (χ3v) is 2.10. The molecule has 5 N–H and O–H groups in total. The van der Waals surface area contributed by atoms with Crippen LogP contribution >= 0.6 is 31.6 Å². The third kappa shape index (κ3) is 76.9. The number of hydrogen-bond donors (Lipinski definition) is 5. The van der Waals surface area contributed by atoms with E-state index in [1.54, 1.807) is 12.1 Å². The zero-order valence-corrected chi connectivity index (χ0v) is 31.8. The van der Waals surface area contributed by atoms with E-state index >= 15 is 0 Å². The molecule has 0 aromatic heterocycles. The van der Waals surface area contributed by atoms with Crippen LogP contribution in [0.2, 0.25) is 0 Å². The van der Waals surface area contributed by atoms with E-state index in [0.29, 0.717) is 5.75 Å². The molecule has 0 fully saturated rings. The van der Waals surface area contributed by atoms with Crippen molar-refractivity contribution in [1.29, 1.82) is 0 Å². The third-order valence-electron chi connectivity index (χ3n) is 1.24. The van der Waals surface area contributed by atoms with Crippen molar-refractivity contribution in [1.82, 2.24) is 0 Å². The molecule has 1 aromatic carbocycles. The summed E-state index contributed by atoms with van der Waals surface area (Å²) in [6.07, 6.45) is 0. The Kier molecular flexibility index (Phi) is 47.1. The molecule has 0 unspecified atom stereocenters. The maximum atomic E-state index is 9.11. The van der Waals surface area contributed by atoms with Gasteiger partial charge in [-0.05, 0) is 19.1 Å². The average molecular weight is 633 g/mol. The van der Waals surface area contributed by atoms with E-state index in [1.807, 2.05) is 13.0 Å². The Labute approximate surface area is 324 Å². The number of halogens is 1. The smallest absolute Gasteiger partial charge is 0.822 e. The number of benzene rings is 1. The summed E-state index contributed by atoms with van der Waals surface area (Å²) in [6, 6.07) is 5.36. The molecule has 12 nitrogen and oxygen atoms in total. The van der Waals surface area contributed by atoms with Crippen LogP contribution in [-0.4, -0.2) is 28.2 Å². The second-order valence-corrected chi connectivity index (χ2v) is 8.20. The monoisotopic (exact) mass is 632 g/mol. The van der Waals surface area contributed by atoms with Crippen LogP contribution < -0.4 is 203 Å². The molecule has 0 saturated carbocycles. The van der Waals surface area contributed by atoms with Crippen LogP contribution in [0.3, 0.4) is 0 Å². The van der Waals surface area contributed by atoms with Crippen molar-refractivity contribution in [2.75, 3.05) is 0 Å². The molecule has 0 aliphatic rings. The van der Waals surface area contributed by atoms with Gasteiger partial charge in [-0.25, -0.2) is 0 Å². The first-order valence-electron chi connectivity index (χ1n) is 4.85. The summed E-state index contributed by atoms with van der Waals surface area (Å²) >= 11 is 6.75. The van der Waals surface area contributed by atoms with Crippen LogP contribution in [0.5, 0.6) is 5.75 Å². The fourth-order valence-electron chi connectivity index (χ4n) is 0.596. The minimum Gasteiger partial charge on any atom is -0.822 e. The fourth-order valence-corrected chi connectivity index (χ4v) is 0.952. The van der Waals surface area contributed by atoms with Crippen molar-refractivity contribution in [3.8, 4) is 5.75 Å². The number of phosphoric acid groups is 2. The van der Waals surface area contributed by atoms with Gasteiger partial charge >= 0.3 is 184 Å². The normalized spacial score (nSPS) is 9.36. The van der Waals surface area contributed by atoms with Crippen LogP contribution in [-0.2, 0) is 29.4 Å². The van der Waals surface area contributed by atoms with Crippen molar-refractivity contribution in [3.63, 3.8) is 0 Å². The molecule has 1 aromatic rings. The van der Waals surface area contributed by atoms with Gasteiger partial charge < -0.3 is 39.0 Å². The van der Waals surface area contributed by atoms with Gasteiger partial charge in [0.25, 0.3) is 16.9 Å². The van der Waals surface area contributed by atoms with Crippen molar-refractivity contribution in [2.24, 2.45) is 0 Å². The first-order chi connectivity index (χ1) is 10.2. The molecule has 0 heterocycles. The van der Waals surface area contributed by atoms with E-state index < -0.39 is 24.7 Å². The molecule has 0 radical (unpaired) electrons. The number of hydrogen-bond acceptors (Lipinski definition) is 9. The Morgan fingerprint density at radius 2 is 1.25 bits per heavy atom. The molecule has 21 heteroatoms.